The molecule has 0 radical (unpaired) electrons. The highest BCUT2D eigenvalue weighted by Gasteiger charge is 2.33. The molecular formula is C7H12O4. The van der Waals surface area contributed by atoms with Gasteiger partial charge in [0.15, 0.2) is 0 Å². The Morgan fingerprint density at radius 3 is 2.91 bits per heavy atom. The second-order valence-corrected chi connectivity index (χ2v) is 2.46. The smallest absolute Gasteiger partial charge is 0.314 e. The molecule has 11 heavy (non-hydrogen) atoms. The molecule has 0 spiro atoms. The van der Waals surface area contributed by atoms with E-state index in [1.165, 1.54) is 0 Å². The van der Waals surface area contributed by atoms with Crippen LogP contribution in [0, 0.1) is 5.92 Å². The fourth-order valence-electron chi connectivity index (χ4n) is 1.02. The van der Waals surface area contributed by atoms with Crippen molar-refractivity contribution in [3.63, 3.8) is 0 Å². The third-order valence-electron chi connectivity index (χ3n) is 1.64. The van der Waals surface area contributed by atoms with Gasteiger partial charge in [0.1, 0.15) is 5.92 Å². The van der Waals surface area contributed by atoms with Gasteiger partial charge in [-0.2, -0.15) is 0 Å². The highest BCUT2D eigenvalue weighted by Crippen LogP contribution is 2.14. The van der Waals surface area contributed by atoms with E-state index < -0.39 is 12.0 Å². The summed E-state index contributed by atoms with van der Waals surface area (Å²) in [5, 5.41) is 9.16. The van der Waals surface area contributed by atoms with Gasteiger partial charge in [0.25, 0.3) is 0 Å². The molecule has 0 aliphatic carbocycles. The van der Waals surface area contributed by atoms with E-state index in [0.717, 1.165) is 0 Å². The quantitative estimate of drug-likeness (QED) is 0.556. The molecule has 1 aliphatic heterocycles. The van der Waals surface area contributed by atoms with E-state index in [9.17, 15) is 4.79 Å². The maximum Gasteiger partial charge on any atom is 0.314 e. The first-order valence-corrected chi connectivity index (χ1v) is 3.68. The number of esters is 1. The fraction of sp³-hybridized carbons (Fsp3) is 0.857. The maximum absolute atomic E-state index is 11.0. The minimum Gasteiger partial charge on any atom is -0.466 e. The lowest BCUT2D eigenvalue weighted by atomic mass is 10.1. The molecule has 1 aliphatic rings. The molecule has 64 valence electrons. The Morgan fingerprint density at radius 1 is 1.73 bits per heavy atom. The average molecular weight is 160 g/mol. The van der Waals surface area contributed by atoms with Crippen LogP contribution in [0.4, 0.5) is 0 Å². The summed E-state index contributed by atoms with van der Waals surface area (Å²) < 4.78 is 9.60. The summed E-state index contributed by atoms with van der Waals surface area (Å²) in [6, 6.07) is 0. The van der Waals surface area contributed by atoms with Crippen molar-refractivity contribution < 1.29 is 19.4 Å². The van der Waals surface area contributed by atoms with Crippen molar-refractivity contribution >= 4 is 5.97 Å². The second kappa shape index (κ2) is 3.69. The number of aliphatic hydroxyl groups is 1. The van der Waals surface area contributed by atoms with Gasteiger partial charge in [0, 0.05) is 0 Å². The average Bonchev–Trinajstić information content (AvgIpc) is 2.36. The number of carbonyl (C=O) groups is 1. The number of hydrogen-bond donors (Lipinski definition) is 1. The van der Waals surface area contributed by atoms with Crippen LogP contribution >= 0.6 is 0 Å². The van der Waals surface area contributed by atoms with Crippen LogP contribution in [0.2, 0.25) is 0 Å². The van der Waals surface area contributed by atoms with Gasteiger partial charge in [-0.05, 0) is 6.92 Å². The number of aliphatic hydroxyl groups excluding tert-OH is 1. The molecule has 0 saturated carbocycles. The van der Waals surface area contributed by atoms with Gasteiger partial charge in [0.2, 0.25) is 0 Å². The number of ether oxygens (including phenoxy) is 2. The summed E-state index contributed by atoms with van der Waals surface area (Å²) in [5.41, 5.74) is 0. The molecule has 0 amide bonds. The molecule has 1 rings (SSSR count). The number of carbonyl (C=O) groups excluding carboxylic acids is 1. The summed E-state index contributed by atoms with van der Waals surface area (Å²) in [7, 11) is 0. The predicted molar refractivity (Wildman–Crippen MR) is 36.9 cm³/mol. The Kier molecular flexibility index (Phi) is 2.84. The number of rotatable bonds is 2. The van der Waals surface area contributed by atoms with Crippen LogP contribution in [0.25, 0.3) is 0 Å². The molecular weight excluding hydrogens is 148 g/mol. The molecule has 1 heterocycles. The van der Waals surface area contributed by atoms with Crippen LogP contribution in [0.5, 0.6) is 0 Å². The van der Waals surface area contributed by atoms with Gasteiger partial charge in [-0.15, -0.1) is 0 Å². The van der Waals surface area contributed by atoms with Gasteiger partial charge in [-0.25, -0.2) is 0 Å². The van der Waals surface area contributed by atoms with E-state index >= 15 is 0 Å². The van der Waals surface area contributed by atoms with Crippen molar-refractivity contribution in [1.82, 2.24) is 0 Å². The van der Waals surface area contributed by atoms with Crippen molar-refractivity contribution in [2.24, 2.45) is 5.92 Å². The van der Waals surface area contributed by atoms with Crippen LogP contribution in [0.15, 0.2) is 0 Å². The Morgan fingerprint density at radius 2 is 2.45 bits per heavy atom. The van der Waals surface area contributed by atoms with Crippen molar-refractivity contribution in [1.29, 1.82) is 0 Å². The molecule has 0 unspecified atom stereocenters. The molecule has 4 nitrogen and oxygen atoms in total. The maximum atomic E-state index is 11.0. The monoisotopic (exact) mass is 160 g/mol. The summed E-state index contributed by atoms with van der Waals surface area (Å²) >= 11 is 0. The van der Waals surface area contributed by atoms with E-state index in [1.54, 1.807) is 6.92 Å². The largest absolute Gasteiger partial charge is 0.466 e. The van der Waals surface area contributed by atoms with Crippen LogP contribution in [-0.2, 0) is 14.3 Å². The van der Waals surface area contributed by atoms with Crippen LogP contribution in [-0.4, -0.2) is 37.0 Å². The fourth-order valence-corrected chi connectivity index (χ4v) is 1.02. The highest BCUT2D eigenvalue weighted by atomic mass is 16.5. The summed E-state index contributed by atoms with van der Waals surface area (Å²) in [4.78, 5) is 11.0. The first-order valence-electron chi connectivity index (χ1n) is 3.68. The molecule has 4 heteroatoms. The molecule has 0 aromatic heterocycles. The van der Waals surface area contributed by atoms with Gasteiger partial charge < -0.3 is 14.6 Å². The van der Waals surface area contributed by atoms with E-state index in [4.69, 9.17) is 14.6 Å². The molecule has 1 N–H and O–H groups in total. The lowest BCUT2D eigenvalue weighted by molar-refractivity contribution is -0.150. The van der Waals surface area contributed by atoms with Crippen molar-refractivity contribution in [2.75, 3.05) is 19.8 Å². The molecule has 0 aromatic carbocycles. The topological polar surface area (TPSA) is 55.8 Å². The first kappa shape index (κ1) is 8.49. The van der Waals surface area contributed by atoms with E-state index in [1.807, 2.05) is 0 Å². The standard InChI is InChI=1S/C7H12O4/c1-2-11-7(9)5-3-10-4-6(5)8/h5-6,8H,2-4H2,1H3/t5-,6+/m1/s1. The molecule has 2 atom stereocenters. The normalized spacial score (nSPS) is 30.4. The Bertz CT molecular complexity index is 145. The summed E-state index contributed by atoms with van der Waals surface area (Å²) in [6.45, 7) is 2.60. The summed E-state index contributed by atoms with van der Waals surface area (Å²) in [6.07, 6.45) is -0.686. The SMILES string of the molecule is CCOC(=O)[C@@H]1COC[C@@H]1O. The lowest BCUT2D eigenvalue weighted by Gasteiger charge is -2.09. The van der Waals surface area contributed by atoms with Crippen molar-refractivity contribution in [3.05, 3.63) is 0 Å². The van der Waals surface area contributed by atoms with E-state index in [-0.39, 0.29) is 19.2 Å². The van der Waals surface area contributed by atoms with Crippen molar-refractivity contribution in [2.45, 2.75) is 13.0 Å². The zero-order chi connectivity index (χ0) is 8.27. The predicted octanol–water partition coefficient (Wildman–Crippen LogP) is -0.443. The molecule has 1 fully saturated rings. The van der Waals surface area contributed by atoms with Gasteiger partial charge >= 0.3 is 5.97 Å². The minimum absolute atomic E-state index is 0.240. The first-order chi connectivity index (χ1) is 5.25. The van der Waals surface area contributed by atoms with Crippen LogP contribution in [0.1, 0.15) is 6.92 Å². The lowest BCUT2D eigenvalue weighted by Crippen LogP contribution is -2.28. The Labute approximate surface area is 65.1 Å². The zero-order valence-corrected chi connectivity index (χ0v) is 6.45. The number of hydrogen-bond acceptors (Lipinski definition) is 4. The molecule has 1 saturated heterocycles. The molecule has 0 aromatic rings. The zero-order valence-electron chi connectivity index (χ0n) is 6.45. The highest BCUT2D eigenvalue weighted by molar-refractivity contribution is 5.73. The van der Waals surface area contributed by atoms with Gasteiger partial charge in [0.05, 0.1) is 25.9 Å². The van der Waals surface area contributed by atoms with Crippen LogP contribution in [0.3, 0.4) is 0 Å². The minimum atomic E-state index is -0.686. The van der Waals surface area contributed by atoms with E-state index in [2.05, 4.69) is 0 Å². The summed E-state index contributed by atoms with van der Waals surface area (Å²) in [5.74, 6) is -0.840. The van der Waals surface area contributed by atoms with Crippen molar-refractivity contribution in [3.8, 4) is 0 Å². The molecule has 0 bridgehead atoms. The second-order valence-electron chi connectivity index (χ2n) is 2.46. The Hall–Kier alpha value is -0.610. The van der Waals surface area contributed by atoms with Crippen LogP contribution < -0.4 is 0 Å². The van der Waals surface area contributed by atoms with E-state index in [0.29, 0.717) is 6.61 Å². The third kappa shape index (κ3) is 1.91. The third-order valence-corrected chi connectivity index (χ3v) is 1.64. The van der Waals surface area contributed by atoms with Gasteiger partial charge in [-0.3, -0.25) is 4.79 Å². The van der Waals surface area contributed by atoms with Gasteiger partial charge in [-0.1, -0.05) is 0 Å². The Balaban J connectivity index is 2.39.